The average molecular weight is 521 g/mol. The molecule has 0 radical (unpaired) electrons. The Kier molecular flexibility index (Phi) is 11.9. The second-order valence-corrected chi connectivity index (χ2v) is 6.89. The van der Waals surface area contributed by atoms with Crippen molar-refractivity contribution >= 4 is 35.8 Å². The fraction of sp³-hybridized carbons (Fsp3) is 0.789. The van der Waals surface area contributed by atoms with Gasteiger partial charge < -0.3 is 15.5 Å². The number of fused-ring (bicyclic) bond motifs is 1. The smallest absolute Gasteiger partial charge is 0.345 e. The number of halogens is 1. The number of aromatic nitrogens is 3. The molecule has 166 valence electrons. The first kappa shape index (κ1) is 25.4. The zero-order valence-electron chi connectivity index (χ0n) is 17.9. The van der Waals surface area contributed by atoms with E-state index in [0.29, 0.717) is 32.0 Å². The summed E-state index contributed by atoms with van der Waals surface area (Å²) in [7, 11) is 0. The molecule has 0 saturated heterocycles. The predicted molar refractivity (Wildman–Crippen MR) is 126 cm³/mol. The molecule has 0 unspecified atom stereocenters. The van der Waals surface area contributed by atoms with E-state index in [0.717, 1.165) is 57.7 Å². The van der Waals surface area contributed by atoms with Crippen LogP contribution in [0.3, 0.4) is 0 Å². The topological polar surface area (TPSA) is 96.5 Å². The summed E-state index contributed by atoms with van der Waals surface area (Å²) < 4.78 is 3.37. The van der Waals surface area contributed by atoms with Gasteiger partial charge in [0.2, 0.25) is 5.91 Å². The van der Waals surface area contributed by atoms with Crippen molar-refractivity contribution in [2.24, 2.45) is 4.99 Å². The van der Waals surface area contributed by atoms with Crippen molar-refractivity contribution < 1.29 is 4.79 Å². The van der Waals surface area contributed by atoms with Gasteiger partial charge in [-0.05, 0) is 40.0 Å². The van der Waals surface area contributed by atoms with E-state index in [4.69, 9.17) is 0 Å². The van der Waals surface area contributed by atoms with Crippen molar-refractivity contribution in [1.29, 1.82) is 0 Å². The van der Waals surface area contributed by atoms with Gasteiger partial charge >= 0.3 is 5.69 Å². The first-order valence-corrected chi connectivity index (χ1v) is 10.6. The minimum Gasteiger partial charge on any atom is -0.357 e. The van der Waals surface area contributed by atoms with Gasteiger partial charge in [0.1, 0.15) is 5.82 Å². The van der Waals surface area contributed by atoms with E-state index < -0.39 is 0 Å². The Hall–Kier alpha value is -1.59. The molecule has 1 aromatic heterocycles. The number of rotatable bonds is 10. The zero-order valence-corrected chi connectivity index (χ0v) is 20.3. The van der Waals surface area contributed by atoms with E-state index >= 15 is 0 Å². The highest BCUT2D eigenvalue weighted by Crippen LogP contribution is 2.09. The molecular formula is C19H36IN7O2. The lowest BCUT2D eigenvalue weighted by molar-refractivity contribution is -0.130. The molecule has 0 spiro atoms. The van der Waals surface area contributed by atoms with E-state index in [1.165, 1.54) is 0 Å². The molecule has 1 aromatic rings. The van der Waals surface area contributed by atoms with Crippen molar-refractivity contribution in [1.82, 2.24) is 29.9 Å². The Bertz CT molecular complexity index is 710. The zero-order chi connectivity index (χ0) is 20.4. The molecule has 0 bridgehead atoms. The highest BCUT2D eigenvalue weighted by atomic mass is 127. The second-order valence-electron chi connectivity index (χ2n) is 6.89. The maximum absolute atomic E-state index is 12.3. The van der Waals surface area contributed by atoms with Gasteiger partial charge in [-0.25, -0.2) is 9.48 Å². The lowest BCUT2D eigenvalue weighted by atomic mass is 10.2. The normalized spacial score (nSPS) is 13.4. The Labute approximate surface area is 190 Å². The number of carbonyl (C=O) groups excluding carboxylic acids is 1. The van der Waals surface area contributed by atoms with E-state index in [2.05, 4.69) is 20.7 Å². The first-order valence-electron chi connectivity index (χ1n) is 10.6. The fourth-order valence-electron chi connectivity index (χ4n) is 3.37. The fourth-order valence-corrected chi connectivity index (χ4v) is 3.37. The molecule has 2 heterocycles. The highest BCUT2D eigenvalue weighted by Gasteiger charge is 2.16. The van der Waals surface area contributed by atoms with Gasteiger partial charge in [-0.3, -0.25) is 14.4 Å². The van der Waals surface area contributed by atoms with Crippen LogP contribution in [0.1, 0.15) is 52.3 Å². The monoisotopic (exact) mass is 521 g/mol. The summed E-state index contributed by atoms with van der Waals surface area (Å²) in [5.74, 6) is 1.76. The summed E-state index contributed by atoms with van der Waals surface area (Å²) in [5, 5.41) is 10.8. The largest absolute Gasteiger partial charge is 0.357 e. The molecule has 1 amide bonds. The number of nitrogens with zero attached hydrogens (tertiary/aromatic N) is 5. The molecule has 1 aliphatic rings. The van der Waals surface area contributed by atoms with Crippen LogP contribution in [-0.4, -0.2) is 63.8 Å². The highest BCUT2D eigenvalue weighted by molar-refractivity contribution is 14.0. The number of carbonyl (C=O) groups is 1. The van der Waals surface area contributed by atoms with Crippen LogP contribution in [0.2, 0.25) is 0 Å². The summed E-state index contributed by atoms with van der Waals surface area (Å²) in [6.45, 7) is 10.7. The van der Waals surface area contributed by atoms with Crippen molar-refractivity contribution in [3.63, 3.8) is 0 Å². The number of aryl methyl sites for hydroxylation is 2. The minimum atomic E-state index is -0.00127. The van der Waals surface area contributed by atoms with Crippen molar-refractivity contribution in [3.05, 3.63) is 16.3 Å². The molecular weight excluding hydrogens is 485 g/mol. The number of guanidine groups is 1. The molecule has 29 heavy (non-hydrogen) atoms. The molecule has 0 atom stereocenters. The number of hydrogen-bond acceptors (Lipinski definition) is 4. The summed E-state index contributed by atoms with van der Waals surface area (Å²) >= 11 is 0. The summed E-state index contributed by atoms with van der Waals surface area (Å²) in [5.41, 5.74) is -0.00127. The van der Waals surface area contributed by atoms with Crippen molar-refractivity contribution in [3.8, 4) is 0 Å². The van der Waals surface area contributed by atoms with Crippen molar-refractivity contribution in [2.45, 2.75) is 66.0 Å². The van der Waals surface area contributed by atoms with Gasteiger partial charge in [-0.1, -0.05) is 0 Å². The lowest BCUT2D eigenvalue weighted by Gasteiger charge is -2.19. The maximum Gasteiger partial charge on any atom is 0.345 e. The summed E-state index contributed by atoms with van der Waals surface area (Å²) in [6.07, 6.45) is 4.24. The first-order chi connectivity index (χ1) is 13.6. The average Bonchev–Trinajstić information content (AvgIpc) is 3.02. The Morgan fingerprint density at radius 3 is 2.62 bits per heavy atom. The Balaban J connectivity index is 0.00000420. The molecule has 9 nitrogen and oxygen atoms in total. The summed E-state index contributed by atoms with van der Waals surface area (Å²) in [4.78, 5) is 30.8. The molecule has 0 saturated carbocycles. The van der Waals surface area contributed by atoms with E-state index in [9.17, 15) is 9.59 Å². The number of amides is 1. The van der Waals surface area contributed by atoms with E-state index in [-0.39, 0.29) is 35.6 Å². The van der Waals surface area contributed by atoms with Crippen LogP contribution in [-0.2, 0) is 24.3 Å². The molecule has 1 aliphatic heterocycles. The lowest BCUT2D eigenvalue weighted by Crippen LogP contribution is -2.40. The summed E-state index contributed by atoms with van der Waals surface area (Å²) in [6, 6.07) is 0. The van der Waals surface area contributed by atoms with Gasteiger partial charge in [0, 0.05) is 58.7 Å². The molecule has 10 heteroatoms. The van der Waals surface area contributed by atoms with Gasteiger partial charge in [-0.2, -0.15) is 5.10 Å². The second kappa shape index (κ2) is 13.6. The van der Waals surface area contributed by atoms with Crippen molar-refractivity contribution in [2.75, 3.05) is 32.7 Å². The number of nitrogens with one attached hydrogen (secondary N) is 2. The number of hydrogen-bond donors (Lipinski definition) is 2. The van der Waals surface area contributed by atoms with Gasteiger partial charge in [0.05, 0.1) is 0 Å². The third-order valence-corrected chi connectivity index (χ3v) is 4.92. The quantitative estimate of drug-likeness (QED) is 0.209. The van der Waals surface area contributed by atoms with Gasteiger partial charge in [0.15, 0.2) is 5.96 Å². The standard InChI is InChI=1S/C19H35N7O2.HI/c1-4-20-18(22-13-11-17(27)24(5-2)6-3)21-12-9-15-26-19(28)25-14-8-7-10-16(25)23-26;/h4-15H2,1-3H3,(H2,20,21,22);1H. The molecule has 0 aromatic carbocycles. The minimum absolute atomic E-state index is 0. The third-order valence-electron chi connectivity index (χ3n) is 4.92. The van der Waals surface area contributed by atoms with Crippen LogP contribution >= 0.6 is 24.0 Å². The third kappa shape index (κ3) is 7.63. The van der Waals surface area contributed by atoms with Crippen LogP contribution in [0.25, 0.3) is 0 Å². The van der Waals surface area contributed by atoms with E-state index in [1.54, 1.807) is 9.25 Å². The molecule has 0 aliphatic carbocycles. The molecule has 2 rings (SSSR count). The van der Waals surface area contributed by atoms with Crippen LogP contribution in [0.4, 0.5) is 0 Å². The Morgan fingerprint density at radius 2 is 1.97 bits per heavy atom. The van der Waals surface area contributed by atoms with Crippen LogP contribution in [0.5, 0.6) is 0 Å². The Morgan fingerprint density at radius 1 is 1.21 bits per heavy atom. The predicted octanol–water partition coefficient (Wildman–Crippen LogP) is 1.20. The number of aliphatic imine (C=N–C) groups is 1. The SMILES string of the molecule is CCNC(=NCCCn1nc2n(c1=O)CCCC2)NCCC(=O)N(CC)CC.I. The van der Waals surface area contributed by atoms with Gasteiger partial charge in [0.25, 0.3) is 0 Å². The van der Waals surface area contributed by atoms with Crippen LogP contribution in [0, 0.1) is 0 Å². The molecule has 2 N–H and O–H groups in total. The van der Waals surface area contributed by atoms with Crippen LogP contribution < -0.4 is 16.3 Å². The van der Waals surface area contributed by atoms with Crippen LogP contribution in [0.15, 0.2) is 9.79 Å². The van der Waals surface area contributed by atoms with Gasteiger partial charge in [-0.15, -0.1) is 24.0 Å². The maximum atomic E-state index is 12.3. The van der Waals surface area contributed by atoms with E-state index in [1.807, 2.05) is 25.7 Å². The molecule has 0 fully saturated rings.